The Morgan fingerprint density at radius 3 is 2.61 bits per heavy atom. The molecule has 0 spiro atoms. The Morgan fingerprint density at radius 2 is 1.96 bits per heavy atom. The molecule has 1 amide bonds. The van der Waals surface area contributed by atoms with Crippen molar-refractivity contribution >= 4 is 34.2 Å². The summed E-state index contributed by atoms with van der Waals surface area (Å²) in [5, 5.41) is 7.63. The second-order valence-electron chi connectivity index (χ2n) is 5.55. The van der Waals surface area contributed by atoms with Crippen molar-refractivity contribution in [2.75, 3.05) is 20.1 Å². The summed E-state index contributed by atoms with van der Waals surface area (Å²) in [7, 11) is 1.88. The molecule has 1 saturated heterocycles. The smallest absolute Gasteiger partial charge is 0.257 e. The van der Waals surface area contributed by atoms with Gasteiger partial charge in [-0.2, -0.15) is 5.10 Å². The third-order valence-corrected chi connectivity index (χ3v) is 4.63. The zero-order valence-corrected chi connectivity index (χ0v) is 15.3. The predicted octanol–water partition coefficient (Wildman–Crippen LogP) is 2.88. The lowest BCUT2D eigenvalue weighted by Crippen LogP contribution is -2.43. The van der Waals surface area contributed by atoms with Crippen molar-refractivity contribution in [2.45, 2.75) is 18.9 Å². The first-order chi connectivity index (χ1) is 10.6. The number of carbonyl (C=O) groups is 1. The fraction of sp³-hybridized carbons (Fsp3) is 0.375. The van der Waals surface area contributed by atoms with Crippen LogP contribution in [0.2, 0.25) is 0 Å². The Balaban J connectivity index is 0.00000192. The van der Waals surface area contributed by atoms with E-state index in [0.29, 0.717) is 11.6 Å². The van der Waals surface area contributed by atoms with Crippen LogP contribution in [0.4, 0.5) is 0 Å². The van der Waals surface area contributed by atoms with Crippen molar-refractivity contribution < 1.29 is 4.79 Å². The average Bonchev–Trinajstić information content (AvgIpc) is 3.05. The summed E-state index contributed by atoms with van der Waals surface area (Å²) in [5.74, 6) is 0.0373. The number of benzene rings is 1. The van der Waals surface area contributed by atoms with Crippen LogP contribution in [0.1, 0.15) is 23.2 Å². The van der Waals surface area contributed by atoms with Gasteiger partial charge in [0.2, 0.25) is 0 Å². The zero-order valence-electron chi connectivity index (χ0n) is 12.9. The van der Waals surface area contributed by atoms with Crippen LogP contribution >= 0.6 is 28.3 Å². The van der Waals surface area contributed by atoms with E-state index >= 15 is 0 Å². The molecule has 124 valence electrons. The molecule has 1 aliphatic heterocycles. The number of amides is 1. The summed E-state index contributed by atoms with van der Waals surface area (Å²) < 4.78 is 2.75. The molecule has 1 N–H and O–H groups in total. The van der Waals surface area contributed by atoms with Gasteiger partial charge in [0.25, 0.3) is 5.91 Å². The van der Waals surface area contributed by atoms with Gasteiger partial charge >= 0.3 is 0 Å². The van der Waals surface area contributed by atoms with Crippen LogP contribution < -0.4 is 5.32 Å². The van der Waals surface area contributed by atoms with Crippen molar-refractivity contribution in [2.24, 2.45) is 0 Å². The first-order valence-electron chi connectivity index (χ1n) is 7.43. The third kappa shape index (κ3) is 4.13. The summed E-state index contributed by atoms with van der Waals surface area (Å²) in [4.78, 5) is 14.4. The fourth-order valence-electron chi connectivity index (χ4n) is 2.73. The maximum absolute atomic E-state index is 12.6. The number of aromatic nitrogens is 2. The zero-order chi connectivity index (χ0) is 15.5. The van der Waals surface area contributed by atoms with Crippen LogP contribution in [-0.4, -0.2) is 46.8 Å². The highest BCUT2D eigenvalue weighted by Gasteiger charge is 2.23. The number of halogens is 2. The van der Waals surface area contributed by atoms with Gasteiger partial charge in [0.1, 0.15) is 0 Å². The normalized spacial score (nSPS) is 15.0. The molecule has 1 aliphatic rings. The van der Waals surface area contributed by atoms with E-state index in [1.807, 2.05) is 36.2 Å². The van der Waals surface area contributed by atoms with Gasteiger partial charge in [-0.1, -0.05) is 15.9 Å². The van der Waals surface area contributed by atoms with Gasteiger partial charge in [-0.25, -0.2) is 4.68 Å². The van der Waals surface area contributed by atoms with Crippen LogP contribution in [0.25, 0.3) is 5.69 Å². The maximum atomic E-state index is 12.6. The molecule has 0 aliphatic carbocycles. The number of hydrogen-bond acceptors (Lipinski definition) is 3. The minimum atomic E-state index is 0. The minimum absolute atomic E-state index is 0. The van der Waals surface area contributed by atoms with Crippen LogP contribution in [0.15, 0.2) is 41.1 Å². The van der Waals surface area contributed by atoms with Crippen molar-refractivity contribution in [1.82, 2.24) is 20.0 Å². The Hall–Kier alpha value is -1.37. The van der Waals surface area contributed by atoms with E-state index in [1.165, 1.54) is 0 Å². The van der Waals surface area contributed by atoms with Crippen LogP contribution in [-0.2, 0) is 0 Å². The lowest BCUT2D eigenvalue weighted by molar-refractivity contribution is 0.0703. The number of nitrogens with zero attached hydrogens (tertiary/aromatic N) is 3. The molecule has 23 heavy (non-hydrogen) atoms. The molecule has 3 rings (SSSR count). The van der Waals surface area contributed by atoms with E-state index in [2.05, 4.69) is 26.3 Å². The van der Waals surface area contributed by atoms with Gasteiger partial charge in [-0.05, 0) is 50.2 Å². The quantitative estimate of drug-likeness (QED) is 0.863. The molecule has 2 heterocycles. The topological polar surface area (TPSA) is 50.2 Å². The van der Waals surface area contributed by atoms with Gasteiger partial charge in [-0.3, -0.25) is 4.79 Å². The largest absolute Gasteiger partial charge is 0.339 e. The molecule has 7 heteroatoms. The summed E-state index contributed by atoms with van der Waals surface area (Å²) in [6, 6.07) is 8.15. The van der Waals surface area contributed by atoms with Crippen molar-refractivity contribution in [3.05, 3.63) is 46.7 Å². The molecule has 0 saturated carbocycles. The van der Waals surface area contributed by atoms with Crippen LogP contribution in [0, 0.1) is 0 Å². The van der Waals surface area contributed by atoms with Gasteiger partial charge in [0.05, 0.1) is 17.4 Å². The number of carbonyl (C=O) groups excluding carboxylic acids is 1. The van der Waals surface area contributed by atoms with E-state index in [1.54, 1.807) is 17.1 Å². The standard InChI is InChI=1S/C16H19BrN4O.ClH/c1-20(14-6-8-18-9-7-14)16(22)12-10-19-21(11-12)15-4-2-13(17)3-5-15;/h2-5,10-11,14,18H,6-9H2,1H3;1H. The average molecular weight is 400 g/mol. The molecule has 1 aromatic carbocycles. The minimum Gasteiger partial charge on any atom is -0.339 e. The lowest BCUT2D eigenvalue weighted by atomic mass is 10.0. The summed E-state index contributed by atoms with van der Waals surface area (Å²) in [5.41, 5.74) is 1.57. The van der Waals surface area contributed by atoms with Crippen molar-refractivity contribution in [1.29, 1.82) is 0 Å². The first-order valence-corrected chi connectivity index (χ1v) is 8.23. The number of rotatable bonds is 3. The molecule has 1 fully saturated rings. The SMILES string of the molecule is CN(C(=O)c1cnn(-c2ccc(Br)cc2)c1)C1CCNCC1.Cl. The molecule has 0 atom stereocenters. The molecule has 0 unspecified atom stereocenters. The summed E-state index contributed by atoms with van der Waals surface area (Å²) in [6.07, 6.45) is 5.44. The van der Waals surface area contributed by atoms with Crippen molar-refractivity contribution in [3.63, 3.8) is 0 Å². The highest BCUT2D eigenvalue weighted by atomic mass is 79.9. The van der Waals surface area contributed by atoms with E-state index < -0.39 is 0 Å². The maximum Gasteiger partial charge on any atom is 0.257 e. The molecule has 1 aromatic heterocycles. The van der Waals surface area contributed by atoms with Crippen molar-refractivity contribution in [3.8, 4) is 5.69 Å². The fourth-order valence-corrected chi connectivity index (χ4v) is 3.00. The lowest BCUT2D eigenvalue weighted by Gasteiger charge is -2.31. The van der Waals surface area contributed by atoms with Crippen LogP contribution in [0.5, 0.6) is 0 Å². The number of hydrogen-bond donors (Lipinski definition) is 1. The second kappa shape index (κ2) is 7.95. The Morgan fingerprint density at radius 1 is 1.30 bits per heavy atom. The summed E-state index contributed by atoms with van der Waals surface area (Å²) >= 11 is 3.41. The first kappa shape index (κ1) is 18.0. The molecule has 0 radical (unpaired) electrons. The molecular formula is C16H20BrClN4O. The monoisotopic (exact) mass is 398 g/mol. The number of nitrogens with one attached hydrogen (secondary N) is 1. The van der Waals surface area contributed by atoms with E-state index in [0.717, 1.165) is 36.1 Å². The predicted molar refractivity (Wildman–Crippen MR) is 96.5 cm³/mol. The second-order valence-corrected chi connectivity index (χ2v) is 6.46. The van der Waals surface area contributed by atoms with Gasteiger partial charge in [0.15, 0.2) is 0 Å². The van der Waals surface area contributed by atoms with E-state index in [-0.39, 0.29) is 18.3 Å². The van der Waals surface area contributed by atoms with Gasteiger partial charge in [0, 0.05) is 23.8 Å². The van der Waals surface area contributed by atoms with E-state index in [4.69, 9.17) is 0 Å². The molecule has 5 nitrogen and oxygen atoms in total. The summed E-state index contributed by atoms with van der Waals surface area (Å²) in [6.45, 7) is 1.95. The Labute approximate surface area is 150 Å². The third-order valence-electron chi connectivity index (χ3n) is 4.10. The highest BCUT2D eigenvalue weighted by Crippen LogP contribution is 2.16. The Bertz CT molecular complexity index is 652. The van der Waals surface area contributed by atoms with Gasteiger partial charge in [-0.15, -0.1) is 12.4 Å². The highest BCUT2D eigenvalue weighted by molar-refractivity contribution is 9.10. The van der Waals surface area contributed by atoms with Crippen LogP contribution in [0.3, 0.4) is 0 Å². The van der Waals surface area contributed by atoms with E-state index in [9.17, 15) is 4.79 Å². The molecule has 2 aromatic rings. The Kier molecular flexibility index (Phi) is 6.21. The molecule has 0 bridgehead atoms. The molecular weight excluding hydrogens is 380 g/mol. The van der Waals surface area contributed by atoms with Gasteiger partial charge < -0.3 is 10.2 Å². The number of piperidine rings is 1.